The van der Waals surface area contributed by atoms with Crippen LogP contribution in [-0.2, 0) is 29.7 Å². The fraction of sp³-hybridized carbons (Fsp3) is 0.333. The van der Waals surface area contributed by atoms with Gasteiger partial charge in [-0.05, 0) is 19.4 Å². The Bertz CT molecular complexity index is 1030. The van der Waals surface area contributed by atoms with E-state index in [0.717, 1.165) is 11.8 Å². The van der Waals surface area contributed by atoms with Crippen molar-refractivity contribution in [3.8, 4) is 0 Å². The normalized spacial score (nSPS) is 12.2. The number of alkyl halides is 2. The van der Waals surface area contributed by atoms with Crippen molar-refractivity contribution in [3.63, 3.8) is 0 Å². The standard InChI is InChI=1S/C18H21F2N5O2S/c1-3-23-11-16(9-21-23)13-24(12-15-7-5-4-6-8-15)28(26,27)17-10-22-25(14(17)2)18(19)20/h4-11,18H,3,12-13H2,1-2H3. The maximum atomic E-state index is 13.3. The quantitative estimate of drug-likeness (QED) is 0.573. The van der Waals surface area contributed by atoms with Crippen molar-refractivity contribution in [1.82, 2.24) is 23.9 Å². The number of rotatable bonds is 8. The molecule has 0 saturated heterocycles. The van der Waals surface area contributed by atoms with Gasteiger partial charge in [0.25, 0.3) is 0 Å². The summed E-state index contributed by atoms with van der Waals surface area (Å²) in [5.74, 6) is 0. The molecule has 1 aromatic carbocycles. The molecule has 0 N–H and O–H groups in total. The number of benzene rings is 1. The van der Waals surface area contributed by atoms with Crippen LogP contribution in [0.3, 0.4) is 0 Å². The van der Waals surface area contributed by atoms with Gasteiger partial charge >= 0.3 is 6.55 Å². The average Bonchev–Trinajstić information content (AvgIpc) is 3.28. The highest BCUT2D eigenvalue weighted by molar-refractivity contribution is 7.89. The van der Waals surface area contributed by atoms with Crippen molar-refractivity contribution in [2.24, 2.45) is 0 Å². The lowest BCUT2D eigenvalue weighted by Crippen LogP contribution is -2.30. The summed E-state index contributed by atoms with van der Waals surface area (Å²) in [5, 5.41) is 7.71. The first-order valence-electron chi connectivity index (χ1n) is 8.70. The highest BCUT2D eigenvalue weighted by Gasteiger charge is 2.30. The van der Waals surface area contributed by atoms with E-state index >= 15 is 0 Å². The van der Waals surface area contributed by atoms with Gasteiger partial charge in [-0.1, -0.05) is 30.3 Å². The van der Waals surface area contributed by atoms with Gasteiger partial charge < -0.3 is 0 Å². The summed E-state index contributed by atoms with van der Waals surface area (Å²) in [7, 11) is -4.06. The Morgan fingerprint density at radius 2 is 1.75 bits per heavy atom. The molecule has 0 radical (unpaired) electrons. The molecule has 10 heteroatoms. The van der Waals surface area contributed by atoms with E-state index in [4.69, 9.17) is 0 Å². The van der Waals surface area contributed by atoms with E-state index in [2.05, 4.69) is 10.2 Å². The van der Waals surface area contributed by atoms with Crippen LogP contribution in [0.5, 0.6) is 0 Å². The number of hydrogen-bond donors (Lipinski definition) is 0. The van der Waals surface area contributed by atoms with E-state index in [1.54, 1.807) is 17.1 Å². The molecule has 0 atom stereocenters. The van der Waals surface area contributed by atoms with Gasteiger partial charge in [-0.3, -0.25) is 4.68 Å². The zero-order chi connectivity index (χ0) is 20.3. The molecule has 0 aliphatic rings. The molecule has 0 saturated carbocycles. The van der Waals surface area contributed by atoms with Crippen LogP contribution in [0.25, 0.3) is 0 Å². The van der Waals surface area contributed by atoms with Gasteiger partial charge in [0.2, 0.25) is 10.0 Å². The molecule has 0 fully saturated rings. The molecule has 2 aromatic heterocycles. The van der Waals surface area contributed by atoms with Crippen molar-refractivity contribution in [2.45, 2.75) is 44.9 Å². The minimum Gasteiger partial charge on any atom is -0.273 e. The summed E-state index contributed by atoms with van der Waals surface area (Å²) >= 11 is 0. The lowest BCUT2D eigenvalue weighted by molar-refractivity contribution is 0.0541. The van der Waals surface area contributed by atoms with E-state index in [9.17, 15) is 17.2 Å². The maximum absolute atomic E-state index is 13.3. The zero-order valence-corrected chi connectivity index (χ0v) is 16.4. The monoisotopic (exact) mass is 409 g/mol. The van der Waals surface area contributed by atoms with Crippen LogP contribution < -0.4 is 0 Å². The minimum atomic E-state index is -4.06. The Labute approximate surface area is 162 Å². The summed E-state index contributed by atoms with van der Waals surface area (Å²) in [6.07, 6.45) is 4.35. The molecule has 0 bridgehead atoms. The molecule has 0 spiro atoms. The molecular formula is C18H21F2N5O2S. The van der Waals surface area contributed by atoms with E-state index in [1.165, 1.54) is 11.2 Å². The molecule has 0 amide bonds. The van der Waals surface area contributed by atoms with Gasteiger partial charge in [0.05, 0.1) is 18.1 Å². The Balaban J connectivity index is 1.98. The fourth-order valence-corrected chi connectivity index (χ4v) is 4.44. The summed E-state index contributed by atoms with van der Waals surface area (Å²) in [4.78, 5) is -0.230. The van der Waals surface area contributed by atoms with Gasteiger partial charge in [0.1, 0.15) is 4.90 Å². The second-order valence-electron chi connectivity index (χ2n) is 6.28. The molecule has 3 rings (SSSR count). The van der Waals surface area contributed by atoms with E-state index in [0.29, 0.717) is 16.8 Å². The maximum Gasteiger partial charge on any atom is 0.333 e. The predicted molar refractivity (Wildman–Crippen MR) is 99.0 cm³/mol. The number of aromatic nitrogens is 4. The topological polar surface area (TPSA) is 73.0 Å². The van der Waals surface area contributed by atoms with Crippen molar-refractivity contribution < 1.29 is 17.2 Å². The number of aryl methyl sites for hydroxylation is 1. The largest absolute Gasteiger partial charge is 0.333 e. The lowest BCUT2D eigenvalue weighted by atomic mass is 10.2. The second kappa shape index (κ2) is 8.19. The van der Waals surface area contributed by atoms with Gasteiger partial charge in [0.15, 0.2) is 0 Å². The summed E-state index contributed by atoms with van der Waals surface area (Å²) in [6, 6.07) is 9.09. The van der Waals surface area contributed by atoms with Crippen LogP contribution in [0, 0.1) is 6.92 Å². The first kappa shape index (κ1) is 20.2. The molecule has 28 heavy (non-hydrogen) atoms. The minimum absolute atomic E-state index is 0.0660. The van der Waals surface area contributed by atoms with Crippen LogP contribution in [0.4, 0.5) is 8.78 Å². The van der Waals surface area contributed by atoms with Crippen molar-refractivity contribution in [2.75, 3.05) is 0 Å². The second-order valence-corrected chi connectivity index (χ2v) is 8.19. The number of hydrogen-bond acceptors (Lipinski definition) is 4. The van der Waals surface area contributed by atoms with E-state index in [-0.39, 0.29) is 23.7 Å². The van der Waals surface area contributed by atoms with E-state index < -0.39 is 16.6 Å². The highest BCUT2D eigenvalue weighted by Crippen LogP contribution is 2.25. The Hall–Kier alpha value is -2.59. The van der Waals surface area contributed by atoms with Crippen molar-refractivity contribution >= 4 is 10.0 Å². The smallest absolute Gasteiger partial charge is 0.273 e. The van der Waals surface area contributed by atoms with Crippen LogP contribution in [0.2, 0.25) is 0 Å². The molecule has 0 unspecified atom stereocenters. The molecule has 3 aromatic rings. The van der Waals surface area contributed by atoms with Crippen LogP contribution in [-0.4, -0.2) is 32.3 Å². The first-order chi connectivity index (χ1) is 13.3. The Morgan fingerprint density at radius 1 is 1.07 bits per heavy atom. The summed E-state index contributed by atoms with van der Waals surface area (Å²) in [5.41, 5.74) is 1.39. The summed E-state index contributed by atoms with van der Waals surface area (Å²) in [6.45, 7) is 1.16. The highest BCUT2D eigenvalue weighted by atomic mass is 32.2. The van der Waals surface area contributed by atoms with Gasteiger partial charge in [-0.15, -0.1) is 0 Å². The van der Waals surface area contributed by atoms with Gasteiger partial charge in [-0.2, -0.15) is 23.3 Å². The van der Waals surface area contributed by atoms with Crippen molar-refractivity contribution in [3.05, 3.63) is 65.7 Å². The number of sulfonamides is 1. The van der Waals surface area contributed by atoms with Crippen LogP contribution in [0.1, 0.15) is 30.3 Å². The SMILES string of the molecule is CCn1cc(CN(Cc2ccccc2)S(=O)(=O)c2cnn(C(F)F)c2C)cn1. The third-order valence-corrected chi connectivity index (χ3v) is 6.27. The molecule has 2 heterocycles. The fourth-order valence-electron chi connectivity index (χ4n) is 2.87. The molecule has 7 nitrogen and oxygen atoms in total. The van der Waals surface area contributed by atoms with Gasteiger partial charge in [-0.25, -0.2) is 13.1 Å². The van der Waals surface area contributed by atoms with Crippen LogP contribution >= 0.6 is 0 Å². The first-order valence-corrected chi connectivity index (χ1v) is 10.1. The lowest BCUT2D eigenvalue weighted by Gasteiger charge is -2.21. The molecule has 150 valence electrons. The summed E-state index contributed by atoms with van der Waals surface area (Å²) < 4.78 is 56.0. The third kappa shape index (κ3) is 4.12. The van der Waals surface area contributed by atoms with Gasteiger partial charge in [0, 0.05) is 31.4 Å². The number of nitrogens with zero attached hydrogens (tertiary/aromatic N) is 5. The Kier molecular flexibility index (Phi) is 5.90. The molecule has 0 aliphatic heterocycles. The Morgan fingerprint density at radius 3 is 2.32 bits per heavy atom. The molecule has 0 aliphatic carbocycles. The third-order valence-electron chi connectivity index (χ3n) is 4.37. The number of halogens is 2. The zero-order valence-electron chi connectivity index (χ0n) is 15.5. The van der Waals surface area contributed by atoms with Crippen molar-refractivity contribution in [1.29, 1.82) is 0 Å². The predicted octanol–water partition coefficient (Wildman–Crippen LogP) is 3.19. The van der Waals surface area contributed by atoms with E-state index in [1.807, 2.05) is 37.3 Å². The van der Waals surface area contributed by atoms with Crippen LogP contribution in [0.15, 0.2) is 53.8 Å². The average molecular weight is 409 g/mol. The molecular weight excluding hydrogens is 388 g/mol.